The summed E-state index contributed by atoms with van der Waals surface area (Å²) in [6.45, 7) is 4.87. The minimum atomic E-state index is -0.783. The number of carboxylic acids is 1. The standard InChI is InChI=1S/C15H27NO4/c1-11-4-6-15(7-5-11,14(18)19)10-16-13(17)8-12(2)9-20-3/h11-12H,4-10H2,1-3H3,(H,16,17)(H,18,19). The monoisotopic (exact) mass is 285 g/mol. The molecule has 2 N–H and O–H groups in total. The second-order valence-corrected chi connectivity index (χ2v) is 6.31. The fourth-order valence-electron chi connectivity index (χ4n) is 2.78. The molecule has 1 aliphatic rings. The minimum Gasteiger partial charge on any atom is -0.481 e. The van der Waals surface area contributed by atoms with Crippen molar-refractivity contribution in [1.82, 2.24) is 5.32 Å². The van der Waals surface area contributed by atoms with Gasteiger partial charge in [-0.2, -0.15) is 0 Å². The molecule has 1 unspecified atom stereocenters. The second-order valence-electron chi connectivity index (χ2n) is 6.31. The van der Waals surface area contributed by atoms with E-state index < -0.39 is 11.4 Å². The van der Waals surface area contributed by atoms with Gasteiger partial charge in [0.1, 0.15) is 0 Å². The molecule has 5 heteroatoms. The quantitative estimate of drug-likeness (QED) is 0.750. The predicted molar refractivity (Wildman–Crippen MR) is 76.4 cm³/mol. The highest BCUT2D eigenvalue weighted by Crippen LogP contribution is 2.38. The largest absolute Gasteiger partial charge is 0.481 e. The van der Waals surface area contributed by atoms with Gasteiger partial charge in [-0.05, 0) is 37.5 Å². The van der Waals surface area contributed by atoms with Gasteiger partial charge in [0.25, 0.3) is 0 Å². The number of aliphatic carboxylic acids is 1. The van der Waals surface area contributed by atoms with E-state index in [4.69, 9.17) is 4.74 Å². The Morgan fingerprint density at radius 2 is 2.00 bits per heavy atom. The van der Waals surface area contributed by atoms with E-state index in [0.717, 1.165) is 12.8 Å². The number of nitrogens with one attached hydrogen (secondary N) is 1. The van der Waals surface area contributed by atoms with Crippen LogP contribution in [-0.4, -0.2) is 37.2 Å². The van der Waals surface area contributed by atoms with Crippen LogP contribution in [0.15, 0.2) is 0 Å². The zero-order chi connectivity index (χ0) is 15.2. The number of ether oxygens (including phenoxy) is 1. The number of hydrogen-bond donors (Lipinski definition) is 2. The first kappa shape index (κ1) is 17.0. The maximum Gasteiger partial charge on any atom is 0.311 e. The highest BCUT2D eigenvalue weighted by molar-refractivity contribution is 5.79. The van der Waals surface area contributed by atoms with Crippen LogP contribution in [0.1, 0.15) is 46.0 Å². The number of rotatable bonds is 7. The second kappa shape index (κ2) is 7.62. The third-order valence-corrected chi connectivity index (χ3v) is 4.29. The van der Waals surface area contributed by atoms with E-state index in [-0.39, 0.29) is 18.4 Å². The van der Waals surface area contributed by atoms with E-state index in [0.29, 0.717) is 31.8 Å². The summed E-state index contributed by atoms with van der Waals surface area (Å²) in [7, 11) is 1.61. The first-order chi connectivity index (χ1) is 9.39. The molecule has 0 heterocycles. The van der Waals surface area contributed by atoms with Crippen LogP contribution in [0.3, 0.4) is 0 Å². The van der Waals surface area contributed by atoms with Gasteiger partial charge in [0.2, 0.25) is 5.91 Å². The van der Waals surface area contributed by atoms with Crippen LogP contribution in [0.2, 0.25) is 0 Å². The summed E-state index contributed by atoms with van der Waals surface area (Å²) in [6, 6.07) is 0. The smallest absolute Gasteiger partial charge is 0.311 e. The van der Waals surface area contributed by atoms with Gasteiger partial charge in [0, 0.05) is 26.7 Å². The molecule has 1 amide bonds. The Morgan fingerprint density at radius 1 is 1.40 bits per heavy atom. The number of hydrogen-bond acceptors (Lipinski definition) is 3. The molecule has 0 radical (unpaired) electrons. The number of carboxylic acid groups (broad SMARTS) is 1. The number of methoxy groups -OCH3 is 1. The molecule has 0 aromatic rings. The summed E-state index contributed by atoms with van der Waals surface area (Å²) in [6.07, 6.45) is 3.51. The van der Waals surface area contributed by atoms with Gasteiger partial charge in [0.05, 0.1) is 5.41 Å². The molecule has 1 fully saturated rings. The van der Waals surface area contributed by atoms with Crippen LogP contribution in [0.4, 0.5) is 0 Å². The van der Waals surface area contributed by atoms with E-state index >= 15 is 0 Å². The fraction of sp³-hybridized carbons (Fsp3) is 0.867. The maximum absolute atomic E-state index is 11.8. The molecule has 5 nitrogen and oxygen atoms in total. The molecule has 0 saturated heterocycles. The molecule has 1 atom stereocenters. The normalized spacial score (nSPS) is 27.9. The van der Waals surface area contributed by atoms with Crippen molar-refractivity contribution in [3.8, 4) is 0 Å². The average Bonchev–Trinajstić information content (AvgIpc) is 2.38. The topological polar surface area (TPSA) is 75.6 Å². The lowest BCUT2D eigenvalue weighted by Gasteiger charge is -2.35. The summed E-state index contributed by atoms with van der Waals surface area (Å²) in [5, 5.41) is 12.3. The molecule has 0 spiro atoms. The Morgan fingerprint density at radius 3 is 2.50 bits per heavy atom. The van der Waals surface area contributed by atoms with Crippen molar-refractivity contribution in [2.24, 2.45) is 17.3 Å². The Labute approximate surface area is 121 Å². The lowest BCUT2D eigenvalue weighted by atomic mass is 9.71. The summed E-state index contributed by atoms with van der Waals surface area (Å²) < 4.78 is 4.99. The number of carbonyl (C=O) groups excluding carboxylic acids is 1. The SMILES string of the molecule is COCC(C)CC(=O)NCC1(C(=O)O)CCC(C)CC1. The third kappa shape index (κ3) is 4.78. The summed E-state index contributed by atoms with van der Waals surface area (Å²) in [5.41, 5.74) is -0.771. The van der Waals surface area contributed by atoms with Crippen LogP contribution in [0.5, 0.6) is 0 Å². The van der Waals surface area contributed by atoms with Crippen LogP contribution < -0.4 is 5.32 Å². The van der Waals surface area contributed by atoms with Crippen LogP contribution >= 0.6 is 0 Å². The molecule has 20 heavy (non-hydrogen) atoms. The van der Waals surface area contributed by atoms with Crippen molar-refractivity contribution in [1.29, 1.82) is 0 Å². The third-order valence-electron chi connectivity index (χ3n) is 4.29. The van der Waals surface area contributed by atoms with E-state index in [1.54, 1.807) is 7.11 Å². The molecule has 0 aliphatic heterocycles. The fourth-order valence-corrected chi connectivity index (χ4v) is 2.78. The Bertz CT molecular complexity index is 335. The van der Waals surface area contributed by atoms with Gasteiger partial charge in [-0.25, -0.2) is 0 Å². The van der Waals surface area contributed by atoms with Gasteiger partial charge in [0.15, 0.2) is 0 Å². The molecule has 0 aromatic heterocycles. The molecule has 116 valence electrons. The van der Waals surface area contributed by atoms with Crippen molar-refractivity contribution in [3.63, 3.8) is 0 Å². The van der Waals surface area contributed by atoms with E-state index in [2.05, 4.69) is 12.2 Å². The lowest BCUT2D eigenvalue weighted by Crippen LogP contribution is -2.45. The summed E-state index contributed by atoms with van der Waals surface area (Å²) in [5.74, 6) is -0.143. The van der Waals surface area contributed by atoms with Gasteiger partial charge in [-0.1, -0.05) is 13.8 Å². The van der Waals surface area contributed by atoms with Crippen molar-refractivity contribution >= 4 is 11.9 Å². The highest BCUT2D eigenvalue weighted by atomic mass is 16.5. The van der Waals surface area contributed by atoms with Gasteiger partial charge in [-0.15, -0.1) is 0 Å². The van der Waals surface area contributed by atoms with Crippen LogP contribution in [-0.2, 0) is 14.3 Å². The van der Waals surface area contributed by atoms with E-state index in [1.165, 1.54) is 0 Å². The molecule has 1 aliphatic carbocycles. The Hall–Kier alpha value is -1.10. The van der Waals surface area contributed by atoms with Crippen molar-refractivity contribution in [2.75, 3.05) is 20.3 Å². The molecule has 1 saturated carbocycles. The van der Waals surface area contributed by atoms with Gasteiger partial charge >= 0.3 is 5.97 Å². The summed E-state index contributed by atoms with van der Waals surface area (Å²) >= 11 is 0. The minimum absolute atomic E-state index is 0.0891. The molecule has 0 bridgehead atoms. The molecule has 0 aromatic carbocycles. The maximum atomic E-state index is 11.8. The zero-order valence-electron chi connectivity index (χ0n) is 12.8. The molecular formula is C15H27NO4. The first-order valence-corrected chi connectivity index (χ1v) is 7.38. The van der Waals surface area contributed by atoms with Gasteiger partial charge in [-0.3, -0.25) is 9.59 Å². The van der Waals surface area contributed by atoms with Gasteiger partial charge < -0.3 is 15.2 Å². The average molecular weight is 285 g/mol. The molecular weight excluding hydrogens is 258 g/mol. The Kier molecular flexibility index (Phi) is 6.46. The number of carbonyl (C=O) groups is 2. The Balaban J connectivity index is 2.47. The van der Waals surface area contributed by atoms with Crippen LogP contribution in [0.25, 0.3) is 0 Å². The van der Waals surface area contributed by atoms with Crippen molar-refractivity contribution < 1.29 is 19.4 Å². The lowest BCUT2D eigenvalue weighted by molar-refractivity contribution is -0.151. The zero-order valence-corrected chi connectivity index (χ0v) is 12.8. The highest BCUT2D eigenvalue weighted by Gasteiger charge is 2.41. The van der Waals surface area contributed by atoms with Crippen LogP contribution in [0, 0.1) is 17.3 Å². The predicted octanol–water partition coefficient (Wildman–Crippen LogP) is 2.06. The van der Waals surface area contributed by atoms with E-state index in [9.17, 15) is 14.7 Å². The number of amides is 1. The first-order valence-electron chi connectivity index (χ1n) is 7.38. The van der Waals surface area contributed by atoms with Crippen molar-refractivity contribution in [3.05, 3.63) is 0 Å². The van der Waals surface area contributed by atoms with Crippen molar-refractivity contribution in [2.45, 2.75) is 46.0 Å². The summed E-state index contributed by atoms with van der Waals surface area (Å²) in [4.78, 5) is 23.4. The van der Waals surface area contributed by atoms with E-state index in [1.807, 2.05) is 6.92 Å². The molecule has 1 rings (SSSR count).